The van der Waals surface area contributed by atoms with Gasteiger partial charge in [0.25, 0.3) is 0 Å². The van der Waals surface area contributed by atoms with Gasteiger partial charge in [0.1, 0.15) is 0 Å². The molecule has 0 radical (unpaired) electrons. The third kappa shape index (κ3) is 1.74. The van der Waals surface area contributed by atoms with E-state index in [2.05, 4.69) is 0 Å². The van der Waals surface area contributed by atoms with Crippen LogP contribution in [0.15, 0.2) is 0 Å². The first-order valence-electron chi connectivity index (χ1n) is 4.95. The molecule has 3 saturated carbocycles. The molecule has 0 aliphatic heterocycles. The first-order valence-corrected chi connectivity index (χ1v) is 4.95. The average molecular weight is 138 g/mol. The van der Waals surface area contributed by atoms with Crippen molar-refractivity contribution in [3.05, 3.63) is 0 Å². The lowest BCUT2D eigenvalue weighted by Gasteiger charge is -2.05. The Kier molecular flexibility index (Phi) is 1.97. The Labute approximate surface area is 64.0 Å². The van der Waals surface area contributed by atoms with Gasteiger partial charge in [0.05, 0.1) is 0 Å². The highest BCUT2D eigenvalue weighted by Crippen LogP contribution is 2.43. The number of rotatable bonds is 0. The molecule has 3 aliphatic rings. The molecule has 0 nitrogen and oxygen atoms in total. The summed E-state index contributed by atoms with van der Waals surface area (Å²) in [7, 11) is 0. The maximum Gasteiger partial charge on any atom is -0.0411 e. The highest BCUT2D eigenvalue weighted by molar-refractivity contribution is 4.82. The molecule has 0 unspecified atom stereocenters. The van der Waals surface area contributed by atoms with E-state index in [4.69, 9.17) is 0 Å². The minimum absolute atomic E-state index is 1.17. The topological polar surface area (TPSA) is 0 Å². The first kappa shape index (κ1) is 6.69. The first-order chi connectivity index (χ1) is 4.95. The van der Waals surface area contributed by atoms with Gasteiger partial charge in [-0.25, -0.2) is 0 Å². The van der Waals surface area contributed by atoms with E-state index in [0.717, 1.165) is 0 Å². The van der Waals surface area contributed by atoms with Gasteiger partial charge in [-0.1, -0.05) is 44.9 Å². The fourth-order valence-electron chi connectivity index (χ4n) is 2.17. The van der Waals surface area contributed by atoms with Crippen LogP contribution >= 0.6 is 0 Å². The van der Waals surface area contributed by atoms with Crippen molar-refractivity contribution in [2.45, 2.75) is 51.4 Å². The Morgan fingerprint density at radius 3 is 1.10 bits per heavy atom. The van der Waals surface area contributed by atoms with E-state index in [1.807, 2.05) is 0 Å². The zero-order chi connectivity index (χ0) is 6.81. The molecule has 0 atom stereocenters. The summed E-state index contributed by atoms with van der Waals surface area (Å²) in [5, 5.41) is 0. The van der Waals surface area contributed by atoms with Crippen molar-refractivity contribution in [1.29, 1.82) is 0 Å². The van der Waals surface area contributed by atoms with Gasteiger partial charge in [0.15, 0.2) is 0 Å². The Morgan fingerprint density at radius 1 is 0.600 bits per heavy atom. The third-order valence-corrected chi connectivity index (χ3v) is 2.99. The smallest absolute Gasteiger partial charge is 0.0411 e. The third-order valence-electron chi connectivity index (χ3n) is 2.99. The summed E-state index contributed by atoms with van der Waals surface area (Å²) in [4.78, 5) is 0. The van der Waals surface area contributed by atoms with E-state index < -0.39 is 0 Å². The van der Waals surface area contributed by atoms with Gasteiger partial charge < -0.3 is 0 Å². The minimum Gasteiger partial charge on any atom is -0.0533 e. The zero-order valence-corrected chi connectivity index (χ0v) is 6.81. The van der Waals surface area contributed by atoms with Crippen molar-refractivity contribution in [3.8, 4) is 0 Å². The normalized spacial score (nSPS) is 40.8. The summed E-state index contributed by atoms with van der Waals surface area (Å²) in [6.07, 6.45) is 12.3. The Balaban J connectivity index is 0.000000113. The second kappa shape index (κ2) is 2.94. The molecular formula is C10H18. The summed E-state index contributed by atoms with van der Waals surface area (Å²) < 4.78 is 0. The quantitative estimate of drug-likeness (QED) is 0.481. The molecule has 0 saturated heterocycles. The maximum atomic E-state index is 1.58. The maximum absolute atomic E-state index is 1.58. The lowest BCUT2D eigenvalue weighted by Crippen LogP contribution is -1.90. The van der Waals surface area contributed by atoms with Gasteiger partial charge in [-0.3, -0.25) is 0 Å². The fraction of sp³-hybridized carbons (Fsp3) is 1.00. The molecule has 10 heavy (non-hydrogen) atoms. The predicted molar refractivity (Wildman–Crippen MR) is 43.9 cm³/mol. The Bertz CT molecular complexity index is 83.9. The van der Waals surface area contributed by atoms with Crippen molar-refractivity contribution in [2.24, 2.45) is 11.8 Å². The lowest BCUT2D eigenvalue weighted by molar-refractivity contribution is 0.480. The molecule has 0 aromatic heterocycles. The van der Waals surface area contributed by atoms with Crippen LogP contribution < -0.4 is 0 Å². The molecule has 0 N–H and O–H groups in total. The van der Waals surface area contributed by atoms with Crippen LogP contribution in [-0.2, 0) is 0 Å². The van der Waals surface area contributed by atoms with E-state index >= 15 is 0 Å². The van der Waals surface area contributed by atoms with Crippen LogP contribution in [-0.4, -0.2) is 0 Å². The van der Waals surface area contributed by atoms with Crippen LogP contribution in [0.2, 0.25) is 0 Å². The predicted octanol–water partition coefficient (Wildman–Crippen LogP) is 3.37. The molecular weight excluding hydrogens is 120 g/mol. The Morgan fingerprint density at radius 2 is 1.00 bits per heavy atom. The monoisotopic (exact) mass is 138 g/mol. The van der Waals surface area contributed by atoms with Crippen molar-refractivity contribution in [3.63, 3.8) is 0 Å². The molecule has 3 fully saturated rings. The van der Waals surface area contributed by atoms with Crippen LogP contribution in [0.4, 0.5) is 0 Å². The highest BCUT2D eigenvalue weighted by atomic mass is 14.4. The Hall–Kier alpha value is 0. The summed E-state index contributed by atoms with van der Waals surface area (Å²) in [6.45, 7) is 0. The van der Waals surface area contributed by atoms with Crippen LogP contribution in [0, 0.1) is 11.8 Å². The van der Waals surface area contributed by atoms with Gasteiger partial charge >= 0.3 is 0 Å². The van der Waals surface area contributed by atoms with Gasteiger partial charge in [-0.15, -0.1) is 0 Å². The second-order valence-corrected chi connectivity index (χ2v) is 4.18. The summed E-state index contributed by atoms with van der Waals surface area (Å²) in [5.74, 6) is 2.34. The number of hydrogen-bond donors (Lipinski definition) is 0. The summed E-state index contributed by atoms with van der Waals surface area (Å²) in [6, 6.07) is 0. The second-order valence-electron chi connectivity index (χ2n) is 4.18. The standard InChI is InChI=1S/C7H12.C3H6/c1-2-7-4-3-6(1)5-7;1-2-3-1/h6-7H,1-5H2;1-3H2. The van der Waals surface area contributed by atoms with E-state index in [0.29, 0.717) is 0 Å². The zero-order valence-electron chi connectivity index (χ0n) is 6.81. The molecule has 0 heteroatoms. The van der Waals surface area contributed by atoms with Crippen LogP contribution in [0.5, 0.6) is 0 Å². The highest BCUT2D eigenvalue weighted by Gasteiger charge is 2.30. The van der Waals surface area contributed by atoms with E-state index in [9.17, 15) is 0 Å². The summed E-state index contributed by atoms with van der Waals surface area (Å²) >= 11 is 0. The fourth-order valence-corrected chi connectivity index (χ4v) is 2.17. The summed E-state index contributed by atoms with van der Waals surface area (Å²) in [5.41, 5.74) is 0. The molecule has 2 bridgehead atoms. The average Bonchev–Trinajstić information content (AvgIpc) is 2.71. The molecule has 0 spiro atoms. The number of hydrogen-bond acceptors (Lipinski definition) is 0. The molecule has 3 aliphatic carbocycles. The van der Waals surface area contributed by atoms with Gasteiger partial charge in [-0.05, 0) is 18.3 Å². The van der Waals surface area contributed by atoms with Crippen molar-refractivity contribution >= 4 is 0 Å². The SMILES string of the molecule is C1CC1.C1CC2CCC1C2. The van der Waals surface area contributed by atoms with E-state index in [-0.39, 0.29) is 0 Å². The molecule has 0 amide bonds. The largest absolute Gasteiger partial charge is 0.0533 e. The number of fused-ring (bicyclic) bond motifs is 2. The van der Waals surface area contributed by atoms with Gasteiger partial charge in [-0.2, -0.15) is 0 Å². The van der Waals surface area contributed by atoms with Crippen LogP contribution in [0.25, 0.3) is 0 Å². The van der Waals surface area contributed by atoms with E-state index in [1.165, 1.54) is 31.1 Å². The molecule has 0 aromatic rings. The van der Waals surface area contributed by atoms with Crippen LogP contribution in [0.1, 0.15) is 51.4 Å². The van der Waals surface area contributed by atoms with Crippen LogP contribution in [0.3, 0.4) is 0 Å². The van der Waals surface area contributed by atoms with E-state index in [1.54, 1.807) is 32.1 Å². The lowest BCUT2D eigenvalue weighted by atomic mass is 10.0. The van der Waals surface area contributed by atoms with Gasteiger partial charge in [0, 0.05) is 0 Å². The van der Waals surface area contributed by atoms with Crippen molar-refractivity contribution in [2.75, 3.05) is 0 Å². The molecule has 58 valence electrons. The minimum atomic E-state index is 1.17. The van der Waals surface area contributed by atoms with Crippen molar-refractivity contribution < 1.29 is 0 Å². The molecule has 3 rings (SSSR count). The van der Waals surface area contributed by atoms with Crippen molar-refractivity contribution in [1.82, 2.24) is 0 Å². The van der Waals surface area contributed by atoms with Gasteiger partial charge in [0.2, 0.25) is 0 Å². The molecule has 0 heterocycles. The molecule has 0 aromatic carbocycles.